The molecule has 1 heterocycles. The summed E-state index contributed by atoms with van der Waals surface area (Å²) in [6, 6.07) is 19.3. The van der Waals surface area contributed by atoms with Crippen LogP contribution < -0.4 is 9.80 Å². The van der Waals surface area contributed by atoms with Gasteiger partial charge in [-0.2, -0.15) is 0 Å². The molecule has 0 spiro atoms. The van der Waals surface area contributed by atoms with Crippen molar-refractivity contribution in [3.63, 3.8) is 0 Å². The SMILES string of the molecule is ClC1=NC(Cl)N(c2ccccc2)C(Cl)N1c1ccccc1. The molecule has 3 nitrogen and oxygen atoms in total. The molecule has 0 N–H and O–H groups in total. The Labute approximate surface area is 138 Å². The number of halogens is 3. The minimum absolute atomic E-state index is 0.272. The Balaban J connectivity index is 2.02. The summed E-state index contributed by atoms with van der Waals surface area (Å²) in [7, 11) is 0. The zero-order chi connectivity index (χ0) is 14.8. The maximum absolute atomic E-state index is 6.61. The molecule has 1 aliphatic heterocycles. The molecule has 0 fully saturated rings. The smallest absolute Gasteiger partial charge is 0.204 e. The third-order valence-corrected chi connectivity index (χ3v) is 4.17. The summed E-state index contributed by atoms with van der Waals surface area (Å²) >= 11 is 19.2. The second-order valence-electron chi connectivity index (χ2n) is 4.47. The van der Waals surface area contributed by atoms with E-state index in [1.807, 2.05) is 60.7 Å². The molecule has 0 radical (unpaired) electrons. The molecule has 0 saturated heterocycles. The van der Waals surface area contributed by atoms with E-state index in [0.29, 0.717) is 0 Å². The Bertz CT molecular complexity index is 633. The van der Waals surface area contributed by atoms with Crippen LogP contribution in [-0.2, 0) is 0 Å². The van der Waals surface area contributed by atoms with Crippen LogP contribution in [0.15, 0.2) is 65.7 Å². The summed E-state index contributed by atoms with van der Waals surface area (Å²) in [4.78, 5) is 7.79. The van der Waals surface area contributed by atoms with Crippen molar-refractivity contribution in [1.82, 2.24) is 0 Å². The molecule has 0 amide bonds. The van der Waals surface area contributed by atoms with Gasteiger partial charge in [0.2, 0.25) is 10.9 Å². The zero-order valence-corrected chi connectivity index (χ0v) is 13.2. The highest BCUT2D eigenvalue weighted by molar-refractivity contribution is 6.69. The first-order valence-electron chi connectivity index (χ1n) is 6.37. The molecule has 2 aromatic rings. The van der Waals surface area contributed by atoms with Crippen molar-refractivity contribution in [3.05, 3.63) is 60.7 Å². The van der Waals surface area contributed by atoms with Gasteiger partial charge in [-0.3, -0.25) is 4.90 Å². The maximum atomic E-state index is 6.61. The number of nitrogens with zero attached hydrogens (tertiary/aromatic N) is 3. The Morgan fingerprint density at radius 1 is 0.810 bits per heavy atom. The summed E-state index contributed by atoms with van der Waals surface area (Å²) in [5.41, 5.74) is 0.520. The first kappa shape index (κ1) is 14.5. The highest BCUT2D eigenvalue weighted by Gasteiger charge is 2.35. The lowest BCUT2D eigenvalue weighted by molar-refractivity contribution is 0.694. The molecule has 108 valence electrons. The van der Waals surface area contributed by atoms with Crippen LogP contribution in [0.5, 0.6) is 0 Å². The molecule has 2 aromatic carbocycles. The van der Waals surface area contributed by atoms with Crippen LogP contribution in [0, 0.1) is 0 Å². The monoisotopic (exact) mass is 339 g/mol. The van der Waals surface area contributed by atoms with Crippen molar-refractivity contribution in [3.8, 4) is 0 Å². The summed E-state index contributed by atoms with van der Waals surface area (Å²) in [5.74, 6) is 0. The highest BCUT2D eigenvalue weighted by Crippen LogP contribution is 2.33. The third kappa shape index (κ3) is 2.82. The lowest BCUT2D eigenvalue weighted by Crippen LogP contribution is -2.53. The van der Waals surface area contributed by atoms with Crippen molar-refractivity contribution in [1.29, 1.82) is 0 Å². The number of amidine groups is 1. The number of anilines is 2. The van der Waals surface area contributed by atoms with Crippen LogP contribution in [0.25, 0.3) is 0 Å². The lowest BCUT2D eigenvalue weighted by Gasteiger charge is -2.42. The van der Waals surface area contributed by atoms with Crippen molar-refractivity contribution in [2.45, 2.75) is 11.2 Å². The average molecular weight is 341 g/mol. The fourth-order valence-electron chi connectivity index (χ4n) is 2.19. The van der Waals surface area contributed by atoms with Gasteiger partial charge in [0.25, 0.3) is 0 Å². The van der Waals surface area contributed by atoms with Crippen LogP contribution >= 0.6 is 34.8 Å². The molecule has 21 heavy (non-hydrogen) atoms. The molecule has 1 aliphatic rings. The van der Waals surface area contributed by atoms with E-state index in [1.54, 1.807) is 9.80 Å². The zero-order valence-electron chi connectivity index (χ0n) is 10.9. The Kier molecular flexibility index (Phi) is 4.24. The van der Waals surface area contributed by atoms with Crippen LogP contribution in [0.1, 0.15) is 0 Å². The fourth-order valence-corrected chi connectivity index (χ4v) is 3.37. The number of aliphatic imine (C=N–C) groups is 1. The molecule has 0 aliphatic carbocycles. The highest BCUT2D eigenvalue weighted by atomic mass is 35.5. The van der Waals surface area contributed by atoms with Crippen molar-refractivity contribution >= 4 is 51.5 Å². The first-order chi connectivity index (χ1) is 10.2. The van der Waals surface area contributed by atoms with Crippen molar-refractivity contribution in [2.24, 2.45) is 4.99 Å². The first-order valence-corrected chi connectivity index (χ1v) is 7.62. The van der Waals surface area contributed by atoms with Gasteiger partial charge in [-0.05, 0) is 35.9 Å². The predicted molar refractivity (Wildman–Crippen MR) is 90.4 cm³/mol. The summed E-state index contributed by atoms with van der Waals surface area (Å²) in [5, 5.41) is 0.272. The van der Waals surface area contributed by atoms with Gasteiger partial charge in [-0.15, -0.1) is 0 Å². The Hall–Kier alpha value is -1.42. The average Bonchev–Trinajstić information content (AvgIpc) is 2.49. The van der Waals surface area contributed by atoms with Gasteiger partial charge >= 0.3 is 0 Å². The van der Waals surface area contributed by atoms with E-state index < -0.39 is 11.2 Å². The van der Waals surface area contributed by atoms with E-state index in [2.05, 4.69) is 4.99 Å². The topological polar surface area (TPSA) is 18.8 Å². The van der Waals surface area contributed by atoms with Crippen molar-refractivity contribution in [2.75, 3.05) is 9.80 Å². The van der Waals surface area contributed by atoms with Gasteiger partial charge in [-0.1, -0.05) is 59.6 Å². The van der Waals surface area contributed by atoms with E-state index in [-0.39, 0.29) is 5.29 Å². The van der Waals surface area contributed by atoms with Crippen LogP contribution in [-0.4, -0.2) is 16.5 Å². The van der Waals surface area contributed by atoms with Gasteiger partial charge in [0.15, 0.2) is 5.62 Å². The minimum atomic E-state index is -0.651. The lowest BCUT2D eigenvalue weighted by atomic mass is 10.3. The molecule has 3 rings (SSSR count). The van der Waals surface area contributed by atoms with Crippen LogP contribution in [0.2, 0.25) is 0 Å². The summed E-state index contributed by atoms with van der Waals surface area (Å²) in [6.45, 7) is 0. The minimum Gasteiger partial charge on any atom is -0.303 e. The standard InChI is InChI=1S/C15H12Cl3N3/c16-13-19-14(17)21(12-9-5-2-6-10-12)15(18)20(13)11-7-3-1-4-8-11/h1-10,13,15H. The molecule has 6 heteroatoms. The fraction of sp³-hybridized carbons (Fsp3) is 0.133. The van der Waals surface area contributed by atoms with Crippen molar-refractivity contribution < 1.29 is 0 Å². The molecule has 0 bridgehead atoms. The van der Waals surface area contributed by atoms with Gasteiger partial charge < -0.3 is 4.90 Å². The quantitative estimate of drug-likeness (QED) is 0.585. The molecule has 0 saturated carbocycles. The van der Waals surface area contributed by atoms with E-state index >= 15 is 0 Å². The molecular weight excluding hydrogens is 329 g/mol. The van der Waals surface area contributed by atoms with Gasteiger partial charge in [0.05, 0.1) is 0 Å². The number of hydrogen-bond acceptors (Lipinski definition) is 3. The second-order valence-corrected chi connectivity index (χ2v) is 5.59. The Morgan fingerprint density at radius 2 is 1.33 bits per heavy atom. The molecule has 0 aromatic heterocycles. The second kappa shape index (κ2) is 6.14. The Morgan fingerprint density at radius 3 is 1.90 bits per heavy atom. The predicted octanol–water partition coefficient (Wildman–Crippen LogP) is 4.65. The third-order valence-electron chi connectivity index (χ3n) is 3.17. The van der Waals surface area contributed by atoms with E-state index in [9.17, 15) is 0 Å². The van der Waals surface area contributed by atoms with Crippen LogP contribution in [0.3, 0.4) is 0 Å². The number of benzene rings is 2. The van der Waals surface area contributed by atoms with E-state index in [1.165, 1.54) is 0 Å². The maximum Gasteiger partial charge on any atom is 0.204 e. The molecule has 2 unspecified atom stereocenters. The number of rotatable bonds is 2. The largest absolute Gasteiger partial charge is 0.303 e. The van der Waals surface area contributed by atoms with E-state index in [0.717, 1.165) is 11.4 Å². The van der Waals surface area contributed by atoms with Gasteiger partial charge in [0, 0.05) is 11.4 Å². The number of hydrogen-bond donors (Lipinski definition) is 0. The van der Waals surface area contributed by atoms with Gasteiger partial charge in [-0.25, -0.2) is 4.99 Å². The summed E-state index contributed by atoms with van der Waals surface area (Å²) < 4.78 is 0. The molecule has 2 atom stereocenters. The van der Waals surface area contributed by atoms with E-state index in [4.69, 9.17) is 34.8 Å². The summed E-state index contributed by atoms with van der Waals surface area (Å²) in [6.07, 6.45) is 0. The number of alkyl halides is 2. The van der Waals surface area contributed by atoms with Gasteiger partial charge in [0.1, 0.15) is 0 Å². The normalized spacial score (nSPS) is 22.1. The molecular formula is C15H12Cl3N3. The van der Waals surface area contributed by atoms with Crippen LogP contribution in [0.4, 0.5) is 11.4 Å². The number of para-hydroxylation sites is 2.